The van der Waals surface area contributed by atoms with E-state index in [0.29, 0.717) is 0 Å². The van der Waals surface area contributed by atoms with Crippen LogP contribution in [-0.4, -0.2) is 39.2 Å². The molecule has 1 heterocycles. The van der Waals surface area contributed by atoms with Gasteiger partial charge in [-0.2, -0.15) is 0 Å². The van der Waals surface area contributed by atoms with Crippen molar-refractivity contribution in [3.8, 4) is 0 Å². The number of amides is 2. The van der Waals surface area contributed by atoms with Crippen molar-refractivity contribution in [2.24, 2.45) is 0 Å². The van der Waals surface area contributed by atoms with Crippen molar-refractivity contribution in [3.05, 3.63) is 29.6 Å². The van der Waals surface area contributed by atoms with E-state index >= 15 is 0 Å². The molecule has 1 atom stereocenters. The standard InChI is InChI=1S/C13H17N3O5/c1-8-4-5-14-6-9(8)7-15-13(21)16-10(12(19)20)2-3-11(17)18/h4-6,10H,2-3,7H2,1H3,(H,17,18)(H,19,20)(H2,15,16,21). The van der Waals surface area contributed by atoms with E-state index in [9.17, 15) is 14.4 Å². The third-order valence-corrected chi connectivity index (χ3v) is 2.84. The van der Waals surface area contributed by atoms with Crippen LogP contribution in [0.1, 0.15) is 24.0 Å². The molecule has 0 fully saturated rings. The SMILES string of the molecule is Cc1ccncc1CNC(=O)NC(CCC(=O)O)C(=O)O. The lowest BCUT2D eigenvalue weighted by atomic mass is 10.1. The monoisotopic (exact) mass is 295 g/mol. The molecule has 0 aromatic carbocycles. The summed E-state index contributed by atoms with van der Waals surface area (Å²) in [6, 6.07) is -0.117. The summed E-state index contributed by atoms with van der Waals surface area (Å²) in [5.41, 5.74) is 1.76. The molecule has 2 amide bonds. The fraction of sp³-hybridized carbons (Fsp3) is 0.385. The van der Waals surface area contributed by atoms with Crippen molar-refractivity contribution in [1.82, 2.24) is 15.6 Å². The van der Waals surface area contributed by atoms with Gasteiger partial charge in [0, 0.05) is 25.4 Å². The van der Waals surface area contributed by atoms with E-state index in [4.69, 9.17) is 10.2 Å². The number of hydrogen-bond acceptors (Lipinski definition) is 4. The zero-order valence-corrected chi connectivity index (χ0v) is 11.5. The second kappa shape index (κ2) is 7.83. The summed E-state index contributed by atoms with van der Waals surface area (Å²) in [5.74, 6) is -2.39. The van der Waals surface area contributed by atoms with Crippen LogP contribution in [0.3, 0.4) is 0 Å². The van der Waals surface area contributed by atoms with Gasteiger partial charge in [-0.25, -0.2) is 9.59 Å². The van der Waals surface area contributed by atoms with Crippen molar-refractivity contribution < 1.29 is 24.6 Å². The molecular weight excluding hydrogens is 278 g/mol. The number of aromatic nitrogens is 1. The second-order valence-corrected chi connectivity index (χ2v) is 4.45. The lowest BCUT2D eigenvalue weighted by Crippen LogP contribution is -2.46. The third-order valence-electron chi connectivity index (χ3n) is 2.84. The van der Waals surface area contributed by atoms with Crippen molar-refractivity contribution in [3.63, 3.8) is 0 Å². The number of nitrogens with zero attached hydrogens (tertiary/aromatic N) is 1. The van der Waals surface area contributed by atoms with E-state index in [-0.39, 0.29) is 19.4 Å². The van der Waals surface area contributed by atoms with Crippen LogP contribution in [0.25, 0.3) is 0 Å². The summed E-state index contributed by atoms with van der Waals surface area (Å²) in [5, 5.41) is 22.2. The Morgan fingerprint density at radius 2 is 2.05 bits per heavy atom. The first kappa shape index (κ1) is 16.4. The Hall–Kier alpha value is -2.64. The quantitative estimate of drug-likeness (QED) is 0.580. The van der Waals surface area contributed by atoms with Crippen molar-refractivity contribution in [1.29, 1.82) is 0 Å². The van der Waals surface area contributed by atoms with Crippen molar-refractivity contribution >= 4 is 18.0 Å². The molecular formula is C13H17N3O5. The molecule has 1 aromatic rings. The highest BCUT2D eigenvalue weighted by Gasteiger charge is 2.20. The predicted octanol–water partition coefficient (Wildman–Crippen LogP) is 0.507. The lowest BCUT2D eigenvalue weighted by molar-refractivity contribution is -0.140. The van der Waals surface area contributed by atoms with Crippen LogP contribution in [0.5, 0.6) is 0 Å². The Bertz CT molecular complexity index is 532. The molecule has 8 nitrogen and oxygen atoms in total. The summed E-state index contributed by atoms with van der Waals surface area (Å²) in [7, 11) is 0. The third kappa shape index (κ3) is 5.89. The van der Waals surface area contributed by atoms with Gasteiger partial charge in [0.15, 0.2) is 0 Å². The molecule has 0 saturated carbocycles. The second-order valence-electron chi connectivity index (χ2n) is 4.45. The van der Waals surface area contributed by atoms with Gasteiger partial charge in [0.25, 0.3) is 0 Å². The van der Waals surface area contributed by atoms with Gasteiger partial charge < -0.3 is 20.8 Å². The van der Waals surface area contributed by atoms with Crippen LogP contribution in [0.4, 0.5) is 4.79 Å². The topological polar surface area (TPSA) is 129 Å². The molecule has 0 radical (unpaired) electrons. The average Bonchev–Trinajstić information content (AvgIpc) is 2.42. The first-order valence-corrected chi connectivity index (χ1v) is 6.28. The predicted molar refractivity (Wildman–Crippen MR) is 72.6 cm³/mol. The van der Waals surface area contributed by atoms with E-state index in [0.717, 1.165) is 11.1 Å². The van der Waals surface area contributed by atoms with E-state index in [1.165, 1.54) is 0 Å². The normalized spacial score (nSPS) is 11.5. The van der Waals surface area contributed by atoms with Gasteiger partial charge in [-0.05, 0) is 30.5 Å². The van der Waals surface area contributed by atoms with Gasteiger partial charge in [0.2, 0.25) is 0 Å². The molecule has 0 spiro atoms. The first-order valence-electron chi connectivity index (χ1n) is 6.28. The maximum atomic E-state index is 11.6. The van der Waals surface area contributed by atoms with Gasteiger partial charge >= 0.3 is 18.0 Å². The number of hydrogen-bond donors (Lipinski definition) is 4. The van der Waals surface area contributed by atoms with Gasteiger partial charge in [-0.15, -0.1) is 0 Å². The molecule has 0 aliphatic heterocycles. The first-order chi connectivity index (χ1) is 9.90. The molecule has 114 valence electrons. The maximum Gasteiger partial charge on any atom is 0.326 e. The smallest absolute Gasteiger partial charge is 0.326 e. The number of nitrogens with one attached hydrogen (secondary N) is 2. The minimum Gasteiger partial charge on any atom is -0.481 e. The molecule has 0 aliphatic rings. The van der Waals surface area contributed by atoms with Gasteiger partial charge in [-0.3, -0.25) is 9.78 Å². The Morgan fingerprint density at radius 1 is 1.33 bits per heavy atom. The molecule has 0 saturated heterocycles. The van der Waals surface area contributed by atoms with E-state index < -0.39 is 24.0 Å². The van der Waals surface area contributed by atoms with Gasteiger partial charge in [0.1, 0.15) is 6.04 Å². The molecule has 1 rings (SSSR count). The number of aliphatic carboxylic acids is 2. The Morgan fingerprint density at radius 3 is 2.62 bits per heavy atom. The van der Waals surface area contributed by atoms with Crippen LogP contribution in [0.15, 0.2) is 18.5 Å². The zero-order valence-electron chi connectivity index (χ0n) is 11.5. The van der Waals surface area contributed by atoms with Crippen molar-refractivity contribution in [2.45, 2.75) is 32.4 Å². The minimum atomic E-state index is -1.27. The number of pyridine rings is 1. The van der Waals surface area contributed by atoms with Gasteiger partial charge in [0.05, 0.1) is 0 Å². The van der Waals surface area contributed by atoms with Crippen LogP contribution in [-0.2, 0) is 16.1 Å². The van der Waals surface area contributed by atoms with Crippen LogP contribution in [0.2, 0.25) is 0 Å². The Labute approximate surface area is 121 Å². The zero-order chi connectivity index (χ0) is 15.8. The van der Waals surface area contributed by atoms with Crippen molar-refractivity contribution in [2.75, 3.05) is 0 Å². The maximum absolute atomic E-state index is 11.6. The Balaban J connectivity index is 2.49. The lowest BCUT2D eigenvalue weighted by Gasteiger charge is -2.14. The van der Waals surface area contributed by atoms with Gasteiger partial charge in [-0.1, -0.05) is 0 Å². The summed E-state index contributed by atoms with van der Waals surface area (Å²) < 4.78 is 0. The summed E-state index contributed by atoms with van der Waals surface area (Å²) in [4.78, 5) is 36.9. The van der Waals surface area contributed by atoms with E-state index in [1.807, 2.05) is 6.92 Å². The highest BCUT2D eigenvalue weighted by Crippen LogP contribution is 2.04. The number of aryl methyl sites for hydroxylation is 1. The summed E-state index contributed by atoms with van der Waals surface area (Å²) in [6.45, 7) is 2.07. The summed E-state index contributed by atoms with van der Waals surface area (Å²) >= 11 is 0. The summed E-state index contributed by atoms with van der Waals surface area (Å²) in [6.07, 6.45) is 2.73. The number of carbonyl (C=O) groups is 3. The number of carboxylic acid groups (broad SMARTS) is 2. The molecule has 0 aliphatic carbocycles. The fourth-order valence-electron chi connectivity index (χ4n) is 1.59. The highest BCUT2D eigenvalue weighted by molar-refractivity contribution is 5.83. The van der Waals surface area contributed by atoms with Crippen LogP contribution >= 0.6 is 0 Å². The molecule has 0 bridgehead atoms. The van der Waals surface area contributed by atoms with E-state index in [2.05, 4.69) is 15.6 Å². The molecule has 4 N–H and O–H groups in total. The molecule has 1 aromatic heterocycles. The average molecular weight is 295 g/mol. The largest absolute Gasteiger partial charge is 0.481 e. The Kier molecular flexibility index (Phi) is 6.12. The van der Waals surface area contributed by atoms with Crippen LogP contribution < -0.4 is 10.6 Å². The van der Waals surface area contributed by atoms with E-state index in [1.54, 1.807) is 18.5 Å². The minimum absolute atomic E-state index is 0.177. The molecule has 1 unspecified atom stereocenters. The fourth-order valence-corrected chi connectivity index (χ4v) is 1.59. The highest BCUT2D eigenvalue weighted by atomic mass is 16.4. The number of urea groups is 1. The molecule has 21 heavy (non-hydrogen) atoms. The number of carboxylic acids is 2. The van der Waals surface area contributed by atoms with Crippen LogP contribution in [0, 0.1) is 6.92 Å². The number of rotatable bonds is 7. The number of carbonyl (C=O) groups excluding carboxylic acids is 1. The molecule has 8 heteroatoms.